The van der Waals surface area contributed by atoms with Crippen LogP contribution in [0.1, 0.15) is 65.2 Å². The lowest BCUT2D eigenvalue weighted by molar-refractivity contribution is -0.144. The zero-order valence-corrected chi connectivity index (χ0v) is 12.8. The van der Waals surface area contributed by atoms with E-state index in [0.717, 1.165) is 19.4 Å². The molecule has 0 aliphatic carbocycles. The van der Waals surface area contributed by atoms with Crippen molar-refractivity contribution in [2.24, 2.45) is 0 Å². The molecule has 0 aromatic carbocycles. The first kappa shape index (κ1) is 18.4. The molecule has 0 spiro atoms. The maximum Gasteiger partial charge on any atom is 0.323 e. The van der Waals surface area contributed by atoms with Crippen molar-refractivity contribution < 1.29 is 14.6 Å². The minimum Gasteiger partial charge on any atom is -0.480 e. The summed E-state index contributed by atoms with van der Waals surface area (Å²) in [5.74, 6) is -0.800. The number of aliphatic carboxylic acids is 1. The van der Waals surface area contributed by atoms with Crippen LogP contribution in [0, 0.1) is 0 Å². The zero-order chi connectivity index (χ0) is 14.6. The number of likely N-dealkylation sites (N-methyl/N-ethyl adjacent to an activating group) is 1. The average Bonchev–Trinajstić information content (AvgIpc) is 2.40. The number of carboxylic acid groups (broad SMARTS) is 1. The SMILES string of the molecule is CCCCCCCCOCCCC(C)(NC)C(=O)O. The number of unbranched alkanes of at least 4 members (excludes halogenated alkanes) is 5. The van der Waals surface area contributed by atoms with Crippen LogP contribution in [-0.4, -0.2) is 36.9 Å². The molecule has 114 valence electrons. The molecular formula is C15H31NO3. The number of ether oxygens (including phenoxy) is 1. The monoisotopic (exact) mass is 273 g/mol. The van der Waals surface area contributed by atoms with Crippen molar-refractivity contribution >= 4 is 5.97 Å². The Morgan fingerprint density at radius 2 is 1.68 bits per heavy atom. The maximum atomic E-state index is 11.0. The van der Waals surface area contributed by atoms with Gasteiger partial charge in [0.1, 0.15) is 5.54 Å². The lowest BCUT2D eigenvalue weighted by Gasteiger charge is -2.23. The third-order valence-electron chi connectivity index (χ3n) is 3.63. The van der Waals surface area contributed by atoms with E-state index >= 15 is 0 Å². The summed E-state index contributed by atoms with van der Waals surface area (Å²) in [4.78, 5) is 11.0. The number of rotatable bonds is 13. The molecule has 2 N–H and O–H groups in total. The molecule has 0 aromatic rings. The first-order valence-electron chi connectivity index (χ1n) is 7.57. The Bertz CT molecular complexity index is 233. The molecule has 0 aliphatic heterocycles. The molecule has 0 rings (SSSR count). The minimum absolute atomic E-state index is 0.593. The summed E-state index contributed by atoms with van der Waals surface area (Å²) in [5, 5.41) is 11.9. The number of nitrogens with one attached hydrogen (secondary N) is 1. The molecule has 0 bridgehead atoms. The van der Waals surface area contributed by atoms with E-state index in [9.17, 15) is 4.79 Å². The predicted molar refractivity (Wildman–Crippen MR) is 78.5 cm³/mol. The van der Waals surface area contributed by atoms with Gasteiger partial charge in [0.15, 0.2) is 0 Å². The second kappa shape index (κ2) is 11.2. The van der Waals surface area contributed by atoms with Crippen LogP contribution in [0.5, 0.6) is 0 Å². The first-order valence-corrected chi connectivity index (χ1v) is 7.57. The van der Waals surface area contributed by atoms with Gasteiger partial charge in [-0.2, -0.15) is 0 Å². The molecule has 0 radical (unpaired) electrons. The third-order valence-corrected chi connectivity index (χ3v) is 3.63. The summed E-state index contributed by atoms with van der Waals surface area (Å²) in [6.07, 6.45) is 8.97. The number of hydrogen-bond acceptors (Lipinski definition) is 3. The minimum atomic E-state index is -0.830. The van der Waals surface area contributed by atoms with Crippen LogP contribution >= 0.6 is 0 Å². The molecule has 4 nitrogen and oxygen atoms in total. The van der Waals surface area contributed by atoms with E-state index in [-0.39, 0.29) is 0 Å². The van der Waals surface area contributed by atoms with E-state index in [0.29, 0.717) is 13.0 Å². The Morgan fingerprint density at radius 1 is 1.11 bits per heavy atom. The van der Waals surface area contributed by atoms with Gasteiger partial charge >= 0.3 is 5.97 Å². The van der Waals surface area contributed by atoms with Crippen LogP contribution in [0.2, 0.25) is 0 Å². The van der Waals surface area contributed by atoms with Crippen molar-refractivity contribution in [2.45, 2.75) is 70.8 Å². The second-order valence-electron chi connectivity index (χ2n) is 5.37. The van der Waals surface area contributed by atoms with E-state index in [1.54, 1.807) is 14.0 Å². The van der Waals surface area contributed by atoms with Crippen molar-refractivity contribution in [3.05, 3.63) is 0 Å². The Morgan fingerprint density at radius 3 is 2.26 bits per heavy atom. The molecule has 0 saturated heterocycles. The molecule has 1 atom stereocenters. The maximum absolute atomic E-state index is 11.0. The van der Waals surface area contributed by atoms with Crippen LogP contribution in [0.25, 0.3) is 0 Å². The highest BCUT2D eigenvalue weighted by molar-refractivity contribution is 5.78. The van der Waals surface area contributed by atoms with Crippen molar-refractivity contribution in [3.63, 3.8) is 0 Å². The molecule has 0 aliphatic rings. The van der Waals surface area contributed by atoms with Crippen LogP contribution in [-0.2, 0) is 9.53 Å². The lowest BCUT2D eigenvalue weighted by atomic mass is 9.96. The molecule has 0 heterocycles. The molecule has 19 heavy (non-hydrogen) atoms. The standard InChI is InChI=1S/C15H31NO3/c1-4-5-6-7-8-9-12-19-13-10-11-15(2,16-3)14(17)18/h16H,4-13H2,1-3H3,(H,17,18). The number of hydrogen-bond donors (Lipinski definition) is 2. The average molecular weight is 273 g/mol. The van der Waals surface area contributed by atoms with E-state index in [1.807, 2.05) is 0 Å². The first-order chi connectivity index (χ1) is 9.06. The van der Waals surface area contributed by atoms with Crippen LogP contribution in [0.15, 0.2) is 0 Å². The molecule has 0 saturated carbocycles. The van der Waals surface area contributed by atoms with Gasteiger partial charge in [-0.1, -0.05) is 39.0 Å². The molecule has 4 heteroatoms. The van der Waals surface area contributed by atoms with E-state index in [2.05, 4.69) is 12.2 Å². The van der Waals surface area contributed by atoms with Gasteiger partial charge in [0.25, 0.3) is 0 Å². The predicted octanol–water partition coefficient (Wildman–Crippen LogP) is 3.21. The molecule has 0 aromatic heterocycles. The molecule has 1 unspecified atom stereocenters. The van der Waals surface area contributed by atoms with E-state index in [4.69, 9.17) is 9.84 Å². The van der Waals surface area contributed by atoms with Crippen molar-refractivity contribution in [3.8, 4) is 0 Å². The highest BCUT2D eigenvalue weighted by Gasteiger charge is 2.30. The van der Waals surface area contributed by atoms with Gasteiger partial charge in [-0.3, -0.25) is 4.79 Å². The van der Waals surface area contributed by atoms with Gasteiger partial charge in [0, 0.05) is 13.2 Å². The summed E-state index contributed by atoms with van der Waals surface area (Å²) in [5.41, 5.74) is -0.830. The quantitative estimate of drug-likeness (QED) is 0.506. The number of carboxylic acids is 1. The van der Waals surface area contributed by atoms with Crippen molar-refractivity contribution in [2.75, 3.05) is 20.3 Å². The summed E-state index contributed by atoms with van der Waals surface area (Å²) in [6.45, 7) is 5.39. The number of carbonyl (C=O) groups is 1. The van der Waals surface area contributed by atoms with Gasteiger partial charge in [-0.25, -0.2) is 0 Å². The summed E-state index contributed by atoms with van der Waals surface area (Å²) >= 11 is 0. The lowest BCUT2D eigenvalue weighted by Crippen LogP contribution is -2.47. The fraction of sp³-hybridized carbons (Fsp3) is 0.933. The van der Waals surface area contributed by atoms with Crippen molar-refractivity contribution in [1.82, 2.24) is 5.32 Å². The Balaban J connectivity index is 3.38. The Kier molecular flexibility index (Phi) is 10.9. The van der Waals surface area contributed by atoms with Gasteiger partial charge in [-0.05, 0) is 33.2 Å². The van der Waals surface area contributed by atoms with Gasteiger partial charge in [0.05, 0.1) is 0 Å². The molecular weight excluding hydrogens is 242 g/mol. The van der Waals surface area contributed by atoms with Gasteiger partial charge < -0.3 is 15.2 Å². The second-order valence-corrected chi connectivity index (χ2v) is 5.37. The fourth-order valence-corrected chi connectivity index (χ4v) is 1.95. The largest absolute Gasteiger partial charge is 0.480 e. The van der Waals surface area contributed by atoms with E-state index in [1.165, 1.54) is 32.1 Å². The highest BCUT2D eigenvalue weighted by atomic mass is 16.5. The normalized spacial score (nSPS) is 14.3. The summed E-state index contributed by atoms with van der Waals surface area (Å²) in [6, 6.07) is 0. The summed E-state index contributed by atoms with van der Waals surface area (Å²) in [7, 11) is 1.69. The topological polar surface area (TPSA) is 58.6 Å². The molecule has 0 fully saturated rings. The Hall–Kier alpha value is -0.610. The smallest absolute Gasteiger partial charge is 0.323 e. The Labute approximate surface area is 117 Å². The zero-order valence-electron chi connectivity index (χ0n) is 12.8. The highest BCUT2D eigenvalue weighted by Crippen LogP contribution is 2.12. The van der Waals surface area contributed by atoms with Gasteiger partial charge in [-0.15, -0.1) is 0 Å². The molecule has 0 amide bonds. The van der Waals surface area contributed by atoms with Crippen LogP contribution in [0.3, 0.4) is 0 Å². The third kappa shape index (κ3) is 9.00. The van der Waals surface area contributed by atoms with E-state index < -0.39 is 11.5 Å². The summed E-state index contributed by atoms with van der Waals surface area (Å²) < 4.78 is 5.54. The van der Waals surface area contributed by atoms with Crippen LogP contribution < -0.4 is 5.32 Å². The van der Waals surface area contributed by atoms with Crippen molar-refractivity contribution in [1.29, 1.82) is 0 Å². The van der Waals surface area contributed by atoms with Gasteiger partial charge in [0.2, 0.25) is 0 Å². The fourth-order valence-electron chi connectivity index (χ4n) is 1.95. The van der Waals surface area contributed by atoms with Crippen LogP contribution in [0.4, 0.5) is 0 Å².